The molecule has 1 fully saturated rings. The molecule has 3 aromatic heterocycles. The molecule has 0 bridgehead atoms. The van der Waals surface area contributed by atoms with Crippen LogP contribution in [0.25, 0.3) is 16.9 Å². The van der Waals surface area contributed by atoms with Crippen molar-refractivity contribution in [2.45, 2.75) is 19.2 Å². The minimum atomic E-state index is -1.44. The molecule has 0 spiro atoms. The van der Waals surface area contributed by atoms with E-state index in [0.717, 1.165) is 22.5 Å². The third-order valence-corrected chi connectivity index (χ3v) is 4.86. The minimum Gasteiger partial charge on any atom is -0.472 e. The summed E-state index contributed by atoms with van der Waals surface area (Å²) in [7, 11) is 0. The number of pyridine rings is 2. The number of hydrogen-bond donors (Lipinski definition) is 0. The van der Waals surface area contributed by atoms with E-state index in [0.29, 0.717) is 24.8 Å². The van der Waals surface area contributed by atoms with Crippen LogP contribution >= 0.6 is 0 Å². The number of ketones is 1. The first-order valence-corrected chi connectivity index (χ1v) is 8.74. The molecule has 1 atom stereocenters. The van der Waals surface area contributed by atoms with Gasteiger partial charge in [0.25, 0.3) is 0 Å². The first kappa shape index (κ1) is 15.9. The lowest BCUT2D eigenvalue weighted by atomic mass is 10.1. The van der Waals surface area contributed by atoms with Gasteiger partial charge in [-0.15, -0.1) is 0 Å². The van der Waals surface area contributed by atoms with Gasteiger partial charge >= 0.3 is 0 Å². The van der Waals surface area contributed by atoms with E-state index >= 15 is 0 Å². The molecule has 5 heterocycles. The zero-order valence-electron chi connectivity index (χ0n) is 14.4. The molecule has 0 N–H and O–H groups in total. The number of anilines is 1. The topological polar surface area (TPSA) is 73.1 Å². The Bertz CT molecular complexity index is 1020. The number of alkyl halides is 1. The van der Waals surface area contributed by atoms with Crippen LogP contribution in [0.1, 0.15) is 12.0 Å². The highest BCUT2D eigenvalue weighted by Gasteiger charge is 2.27. The number of carbonyl (C=O) groups is 1. The van der Waals surface area contributed by atoms with Gasteiger partial charge in [0.1, 0.15) is 18.1 Å². The summed E-state index contributed by atoms with van der Waals surface area (Å²) in [5.41, 5.74) is 3.50. The van der Waals surface area contributed by atoms with Crippen LogP contribution in [-0.2, 0) is 11.4 Å². The van der Waals surface area contributed by atoms with E-state index in [4.69, 9.17) is 4.74 Å². The highest BCUT2D eigenvalue weighted by Crippen LogP contribution is 2.34. The quantitative estimate of drug-likeness (QED) is 0.694. The number of halogens is 1. The number of ether oxygens (including phenoxy) is 1. The van der Waals surface area contributed by atoms with E-state index in [1.165, 1.54) is 0 Å². The molecule has 0 saturated carbocycles. The zero-order chi connectivity index (χ0) is 18.4. The minimum absolute atomic E-state index is 0.0579. The molecular formula is C19H16FN5O2. The lowest BCUT2D eigenvalue weighted by Gasteiger charge is -2.29. The molecule has 2 aliphatic rings. The number of fused-ring (bicyclic) bond motifs is 3. The Hall–Kier alpha value is -3.29. The largest absolute Gasteiger partial charge is 0.472 e. The van der Waals surface area contributed by atoms with Gasteiger partial charge in [-0.1, -0.05) is 0 Å². The number of aromatic nitrogens is 4. The van der Waals surface area contributed by atoms with Gasteiger partial charge in [-0.05, 0) is 24.3 Å². The lowest BCUT2D eigenvalue weighted by Crippen LogP contribution is -2.42. The number of rotatable bonds is 2. The molecule has 0 radical (unpaired) electrons. The Morgan fingerprint density at radius 3 is 2.96 bits per heavy atom. The van der Waals surface area contributed by atoms with Crippen molar-refractivity contribution in [1.82, 2.24) is 19.7 Å². The molecule has 8 heteroatoms. The number of Topliss-reactive ketones (excluding diaryl/α,β-unsaturated/α-hetero) is 1. The van der Waals surface area contributed by atoms with E-state index < -0.39 is 6.17 Å². The SMILES string of the molecule is O=C1CCN(c2ccc(-n3cc4c(n3)-c3cccnc3OC4)cn2)CC1F. The maximum atomic E-state index is 13.7. The van der Waals surface area contributed by atoms with Crippen molar-refractivity contribution in [2.24, 2.45) is 0 Å². The summed E-state index contributed by atoms with van der Waals surface area (Å²) in [6, 6.07) is 7.50. The molecule has 0 aromatic carbocycles. The monoisotopic (exact) mass is 365 g/mol. The van der Waals surface area contributed by atoms with Crippen molar-refractivity contribution in [1.29, 1.82) is 0 Å². The molecule has 1 unspecified atom stereocenters. The Morgan fingerprint density at radius 2 is 2.15 bits per heavy atom. The molecule has 0 amide bonds. The van der Waals surface area contributed by atoms with Gasteiger partial charge in [-0.3, -0.25) is 4.79 Å². The molecule has 136 valence electrons. The third-order valence-electron chi connectivity index (χ3n) is 4.86. The van der Waals surface area contributed by atoms with Gasteiger partial charge in [0.05, 0.1) is 24.0 Å². The predicted molar refractivity (Wildman–Crippen MR) is 95.7 cm³/mol. The van der Waals surface area contributed by atoms with Gasteiger partial charge in [-0.25, -0.2) is 19.0 Å². The molecule has 0 aliphatic carbocycles. The van der Waals surface area contributed by atoms with E-state index in [-0.39, 0.29) is 18.7 Å². The van der Waals surface area contributed by atoms with E-state index in [9.17, 15) is 9.18 Å². The van der Waals surface area contributed by atoms with Crippen molar-refractivity contribution < 1.29 is 13.9 Å². The highest BCUT2D eigenvalue weighted by atomic mass is 19.1. The van der Waals surface area contributed by atoms with Crippen LogP contribution in [0, 0.1) is 0 Å². The van der Waals surface area contributed by atoms with Gasteiger partial charge in [0.2, 0.25) is 5.88 Å². The second kappa shape index (κ2) is 6.15. The number of carbonyl (C=O) groups excluding carboxylic acids is 1. The Kier molecular flexibility index (Phi) is 3.63. The molecule has 2 aliphatic heterocycles. The zero-order valence-corrected chi connectivity index (χ0v) is 14.4. The fourth-order valence-electron chi connectivity index (χ4n) is 3.40. The first-order valence-electron chi connectivity index (χ1n) is 8.74. The van der Waals surface area contributed by atoms with Crippen LogP contribution in [0.4, 0.5) is 10.2 Å². The Morgan fingerprint density at radius 1 is 1.22 bits per heavy atom. The normalized spacial score (nSPS) is 18.6. The fourth-order valence-corrected chi connectivity index (χ4v) is 3.40. The second-order valence-electron chi connectivity index (χ2n) is 6.60. The van der Waals surface area contributed by atoms with Crippen LogP contribution in [0.15, 0.2) is 42.9 Å². The summed E-state index contributed by atoms with van der Waals surface area (Å²) in [6.45, 7) is 0.968. The summed E-state index contributed by atoms with van der Waals surface area (Å²) in [5, 5.41) is 4.66. The summed E-state index contributed by atoms with van der Waals surface area (Å²) in [5.74, 6) is 0.912. The Labute approximate surface area is 154 Å². The molecule has 5 rings (SSSR count). The van der Waals surface area contributed by atoms with Crippen molar-refractivity contribution in [3.05, 3.63) is 48.4 Å². The Balaban J connectivity index is 1.42. The van der Waals surface area contributed by atoms with Crippen LogP contribution in [0.2, 0.25) is 0 Å². The van der Waals surface area contributed by atoms with Crippen molar-refractivity contribution in [2.75, 3.05) is 18.0 Å². The smallest absolute Gasteiger partial charge is 0.223 e. The summed E-state index contributed by atoms with van der Waals surface area (Å²) in [4.78, 5) is 21.8. The molecule has 3 aromatic rings. The van der Waals surface area contributed by atoms with E-state index in [2.05, 4.69) is 15.1 Å². The predicted octanol–water partition coefficient (Wildman–Crippen LogP) is 2.34. The van der Waals surface area contributed by atoms with Gasteiger partial charge in [0, 0.05) is 30.9 Å². The van der Waals surface area contributed by atoms with Crippen molar-refractivity contribution in [3.63, 3.8) is 0 Å². The average Bonchev–Trinajstić information content (AvgIpc) is 3.15. The number of nitrogens with zero attached hydrogens (tertiary/aromatic N) is 5. The third kappa shape index (κ3) is 2.73. The maximum absolute atomic E-state index is 13.7. The molecule has 27 heavy (non-hydrogen) atoms. The van der Waals surface area contributed by atoms with E-state index in [1.807, 2.05) is 30.5 Å². The van der Waals surface area contributed by atoms with Crippen LogP contribution in [0.5, 0.6) is 5.88 Å². The summed E-state index contributed by atoms with van der Waals surface area (Å²) >= 11 is 0. The van der Waals surface area contributed by atoms with Crippen LogP contribution < -0.4 is 9.64 Å². The highest BCUT2D eigenvalue weighted by molar-refractivity contribution is 5.85. The van der Waals surface area contributed by atoms with E-state index in [1.54, 1.807) is 22.0 Å². The first-order chi connectivity index (χ1) is 13.2. The molecule has 7 nitrogen and oxygen atoms in total. The number of piperidine rings is 1. The lowest BCUT2D eigenvalue weighted by molar-refractivity contribution is -0.124. The number of hydrogen-bond acceptors (Lipinski definition) is 6. The van der Waals surface area contributed by atoms with Crippen LogP contribution in [-0.4, -0.2) is 44.8 Å². The van der Waals surface area contributed by atoms with Gasteiger partial charge < -0.3 is 9.64 Å². The second-order valence-corrected chi connectivity index (χ2v) is 6.60. The molecular weight excluding hydrogens is 349 g/mol. The van der Waals surface area contributed by atoms with Crippen LogP contribution in [0.3, 0.4) is 0 Å². The fraction of sp³-hybridized carbons (Fsp3) is 0.263. The summed E-state index contributed by atoms with van der Waals surface area (Å²) < 4.78 is 21.1. The standard InChI is InChI=1S/C19H16FN5O2/c20-15-10-24(7-5-16(15)26)17-4-3-13(8-22-17)25-9-12-11-27-19-14(18(12)23-25)2-1-6-21-19/h1-4,6,8-9,15H,5,7,10-11H2. The average molecular weight is 365 g/mol. The summed E-state index contributed by atoms with van der Waals surface area (Å²) in [6.07, 6.45) is 4.08. The molecule has 1 saturated heterocycles. The van der Waals surface area contributed by atoms with Gasteiger partial charge in [-0.2, -0.15) is 5.10 Å². The maximum Gasteiger partial charge on any atom is 0.223 e. The van der Waals surface area contributed by atoms with Crippen molar-refractivity contribution >= 4 is 11.6 Å². The van der Waals surface area contributed by atoms with Gasteiger partial charge in [0.15, 0.2) is 12.0 Å². The van der Waals surface area contributed by atoms with Crippen molar-refractivity contribution in [3.8, 4) is 22.8 Å².